The van der Waals surface area contributed by atoms with Crippen LogP contribution < -0.4 is 0 Å². The number of rotatable bonds is 47. The van der Waals surface area contributed by atoms with E-state index in [0.717, 1.165) is 122 Å². The van der Waals surface area contributed by atoms with Gasteiger partial charge in [0.2, 0.25) is 5.91 Å². The summed E-state index contributed by atoms with van der Waals surface area (Å²) in [7, 11) is 3.97. The summed E-state index contributed by atoms with van der Waals surface area (Å²) in [5.74, 6) is -1.19. The van der Waals surface area contributed by atoms with E-state index in [2.05, 4.69) is 70.7 Å². The zero-order chi connectivity index (χ0) is 49.9. The molecule has 0 bridgehead atoms. The smallest absolute Gasteiger partial charge is 0.306 e. The van der Waals surface area contributed by atoms with Crippen LogP contribution in [0.2, 0.25) is 0 Å². The lowest BCUT2D eigenvalue weighted by Crippen LogP contribution is -2.47. The molecule has 0 heterocycles. The van der Waals surface area contributed by atoms with Crippen LogP contribution >= 0.6 is 0 Å². The third kappa shape index (κ3) is 48.1. The summed E-state index contributed by atoms with van der Waals surface area (Å²) in [6.45, 7) is 14.2. The highest BCUT2D eigenvalue weighted by Gasteiger charge is 2.27. The normalized spacial score (nSPS) is 12.3. The van der Waals surface area contributed by atoms with Crippen LogP contribution in [0.5, 0.6) is 0 Å². The molecule has 9 nitrogen and oxygen atoms in total. The molecule has 2 unspecified atom stereocenters. The Kier molecular flexibility index (Phi) is 52.2. The molecule has 0 aromatic heterocycles. The van der Waals surface area contributed by atoms with E-state index in [1.165, 1.54) is 83.5 Å². The van der Waals surface area contributed by atoms with Crippen LogP contribution in [0, 0.1) is 0 Å². The lowest BCUT2D eigenvalue weighted by Gasteiger charge is -2.32. The monoisotopic (exact) mass is 947 g/mol. The van der Waals surface area contributed by atoms with Gasteiger partial charge in [-0.3, -0.25) is 19.2 Å². The second kappa shape index (κ2) is 52.7. The molecule has 394 valence electrons. The number of carbonyl (C=O) groups excluding carboxylic acids is 4. The van der Waals surface area contributed by atoms with Crippen molar-refractivity contribution in [1.82, 2.24) is 9.80 Å². The number of allylic oxidation sites excluding steroid dienone is 4. The largest absolute Gasteiger partial charge is 0.463 e. The molecule has 0 aromatic rings. The third-order valence-corrected chi connectivity index (χ3v) is 12.2. The summed E-state index contributed by atoms with van der Waals surface area (Å²) in [5.41, 5.74) is 0. The van der Waals surface area contributed by atoms with E-state index in [4.69, 9.17) is 14.2 Å². The molecule has 0 aromatic carbocycles. The van der Waals surface area contributed by atoms with Crippen LogP contribution in [0.25, 0.3) is 0 Å². The van der Waals surface area contributed by atoms with Gasteiger partial charge in [-0.1, -0.05) is 188 Å². The van der Waals surface area contributed by atoms with Crippen LogP contribution in [0.4, 0.5) is 0 Å². The van der Waals surface area contributed by atoms with Crippen LogP contribution in [-0.4, -0.2) is 86.2 Å². The molecule has 0 radical (unpaired) electrons. The molecule has 0 fully saturated rings. The molecular formula is C58H110N2O7. The molecule has 9 heteroatoms. The minimum atomic E-state index is -0.643. The number of hydrogen-bond donors (Lipinski definition) is 0. The predicted octanol–water partition coefficient (Wildman–Crippen LogP) is 16.0. The van der Waals surface area contributed by atoms with Crippen molar-refractivity contribution in [3.63, 3.8) is 0 Å². The fourth-order valence-corrected chi connectivity index (χ4v) is 7.99. The number of unbranched alkanes of at least 4 members (excludes halogenated alkanes) is 22. The Morgan fingerprint density at radius 2 is 0.851 bits per heavy atom. The number of hydrogen-bond acceptors (Lipinski definition) is 8. The summed E-state index contributed by atoms with van der Waals surface area (Å²) in [6.07, 6.45) is 45.6. The van der Waals surface area contributed by atoms with Crippen molar-refractivity contribution >= 4 is 23.8 Å². The van der Waals surface area contributed by atoms with Crippen LogP contribution in [-0.2, 0) is 33.4 Å². The first kappa shape index (κ1) is 66.4. The molecule has 0 rings (SSSR count). The van der Waals surface area contributed by atoms with Gasteiger partial charge in [-0.25, -0.2) is 0 Å². The summed E-state index contributed by atoms with van der Waals surface area (Å²) in [6, 6.07) is -0.643. The molecule has 0 N–H and O–H groups in total. The van der Waals surface area contributed by atoms with E-state index in [1.807, 2.05) is 14.1 Å². The van der Waals surface area contributed by atoms with Crippen molar-refractivity contribution in [2.45, 2.75) is 285 Å². The van der Waals surface area contributed by atoms with Gasteiger partial charge < -0.3 is 24.0 Å². The van der Waals surface area contributed by atoms with Gasteiger partial charge in [-0.2, -0.15) is 0 Å². The maximum atomic E-state index is 13.9. The van der Waals surface area contributed by atoms with Gasteiger partial charge in [-0.15, -0.1) is 0 Å². The fourth-order valence-electron chi connectivity index (χ4n) is 7.99. The lowest BCUT2D eigenvalue weighted by atomic mass is 10.1. The quantitative estimate of drug-likeness (QED) is 0.0257. The zero-order valence-electron chi connectivity index (χ0n) is 45.5. The molecule has 0 aliphatic carbocycles. The maximum absolute atomic E-state index is 13.9. The number of carbonyl (C=O) groups is 4. The highest BCUT2D eigenvalue weighted by atomic mass is 16.6. The Morgan fingerprint density at radius 3 is 1.31 bits per heavy atom. The van der Waals surface area contributed by atoms with Crippen LogP contribution in [0.1, 0.15) is 273 Å². The van der Waals surface area contributed by atoms with Crippen molar-refractivity contribution in [2.24, 2.45) is 0 Å². The summed E-state index contributed by atoms with van der Waals surface area (Å²) < 4.78 is 17.4. The van der Waals surface area contributed by atoms with Gasteiger partial charge >= 0.3 is 17.9 Å². The topological polar surface area (TPSA) is 102 Å². The average molecular weight is 948 g/mol. The van der Waals surface area contributed by atoms with Gasteiger partial charge in [0, 0.05) is 25.8 Å². The highest BCUT2D eigenvalue weighted by molar-refractivity contribution is 5.82. The summed E-state index contributed by atoms with van der Waals surface area (Å²) in [4.78, 5) is 56.6. The fraction of sp³-hybridized carbons (Fsp3) is 0.862. The van der Waals surface area contributed by atoms with E-state index >= 15 is 0 Å². The van der Waals surface area contributed by atoms with Crippen molar-refractivity contribution < 1.29 is 33.4 Å². The second-order valence-electron chi connectivity index (χ2n) is 19.2. The first-order valence-electron chi connectivity index (χ1n) is 28.3. The predicted molar refractivity (Wildman–Crippen MR) is 284 cm³/mol. The molecule has 0 aliphatic rings. The summed E-state index contributed by atoms with van der Waals surface area (Å²) >= 11 is 0. The van der Waals surface area contributed by atoms with E-state index in [0.29, 0.717) is 25.8 Å². The van der Waals surface area contributed by atoms with E-state index < -0.39 is 6.04 Å². The molecular weight excluding hydrogens is 837 g/mol. The first-order valence-corrected chi connectivity index (χ1v) is 28.3. The molecule has 0 aliphatic heterocycles. The number of ether oxygens (including phenoxy) is 3. The van der Waals surface area contributed by atoms with Crippen molar-refractivity contribution in [3.8, 4) is 0 Å². The zero-order valence-corrected chi connectivity index (χ0v) is 45.5. The maximum Gasteiger partial charge on any atom is 0.306 e. The minimum absolute atomic E-state index is 0.0168. The Hall–Kier alpha value is -2.68. The van der Waals surface area contributed by atoms with E-state index in [-0.39, 0.29) is 56.0 Å². The van der Waals surface area contributed by atoms with E-state index in [1.54, 1.807) is 4.90 Å². The average Bonchev–Trinajstić information content (AvgIpc) is 3.31. The minimum Gasteiger partial charge on any atom is -0.463 e. The SMILES string of the molecule is CC/C=C\CCCCCCCC(=O)OCC(COC(=O)CCCCCCC/C=C\CCCCCCCC)N(CCCN(C)C)C(=O)CCC(=O)OC(CCC)CCCCCC.CCCCCC. The Bertz CT molecular complexity index is 1170. The standard InChI is InChI=1S/C52H96N2O7.C6H14/c1-7-11-14-17-19-21-22-23-24-25-26-28-30-32-35-40-51(57)60-46-47(45-59-50(56)39-34-31-29-27-20-18-15-12-8-2)54(44-36-43-53(5)6)49(55)41-42-52(58)61-48(37-10-4)38-33-16-13-9-3;1-3-5-6-4-2/h12,15,23-24,47-48H,7-11,13-14,16-22,25-46H2,1-6H3;3-6H2,1-2H3/b15-12-,24-23-;. The molecule has 0 spiro atoms. The molecule has 67 heavy (non-hydrogen) atoms. The van der Waals surface area contributed by atoms with Crippen molar-refractivity contribution in [2.75, 3.05) is 40.4 Å². The van der Waals surface area contributed by atoms with E-state index in [9.17, 15) is 19.2 Å². The Balaban J connectivity index is 0. The second-order valence-corrected chi connectivity index (χ2v) is 19.2. The number of esters is 3. The summed E-state index contributed by atoms with van der Waals surface area (Å²) in [5, 5.41) is 0. The first-order chi connectivity index (χ1) is 32.6. The highest BCUT2D eigenvalue weighted by Crippen LogP contribution is 2.17. The van der Waals surface area contributed by atoms with Gasteiger partial charge in [0.1, 0.15) is 19.3 Å². The Labute approximate surface area is 415 Å². The molecule has 0 saturated heterocycles. The van der Waals surface area contributed by atoms with Gasteiger partial charge in [0.05, 0.1) is 12.5 Å². The molecule has 2 atom stereocenters. The molecule has 1 amide bonds. The van der Waals surface area contributed by atoms with Gasteiger partial charge in [-0.05, 0) is 104 Å². The number of nitrogens with zero attached hydrogens (tertiary/aromatic N) is 2. The van der Waals surface area contributed by atoms with Gasteiger partial charge in [0.25, 0.3) is 0 Å². The lowest BCUT2D eigenvalue weighted by molar-refractivity contribution is -0.155. The third-order valence-electron chi connectivity index (χ3n) is 12.2. The van der Waals surface area contributed by atoms with Gasteiger partial charge in [0.15, 0.2) is 0 Å². The van der Waals surface area contributed by atoms with Crippen molar-refractivity contribution in [3.05, 3.63) is 24.3 Å². The molecule has 0 saturated carbocycles. The number of amides is 1. The Morgan fingerprint density at radius 1 is 0.418 bits per heavy atom. The van der Waals surface area contributed by atoms with Crippen molar-refractivity contribution in [1.29, 1.82) is 0 Å². The van der Waals surface area contributed by atoms with Crippen LogP contribution in [0.15, 0.2) is 24.3 Å². The van der Waals surface area contributed by atoms with Crippen LogP contribution in [0.3, 0.4) is 0 Å².